The van der Waals surface area contributed by atoms with Crippen molar-refractivity contribution in [2.75, 3.05) is 20.6 Å². The normalized spacial score (nSPS) is 17.9. The lowest BCUT2D eigenvalue weighted by atomic mass is 9.84. The van der Waals surface area contributed by atoms with Crippen LogP contribution >= 0.6 is 0 Å². The molecular weight excluding hydrogens is 330 g/mol. The molecule has 8 heteroatoms. The van der Waals surface area contributed by atoms with E-state index >= 15 is 0 Å². The van der Waals surface area contributed by atoms with Crippen LogP contribution in [-0.4, -0.2) is 45.3 Å². The minimum absolute atomic E-state index is 0.00202. The predicted octanol–water partition coefficient (Wildman–Crippen LogP) is 1.48. The molecule has 0 spiro atoms. The van der Waals surface area contributed by atoms with E-state index in [9.17, 15) is 13.2 Å². The molecule has 0 bridgehead atoms. The summed E-state index contributed by atoms with van der Waals surface area (Å²) in [5.74, 6) is 0.158. The van der Waals surface area contributed by atoms with Crippen LogP contribution in [0.3, 0.4) is 0 Å². The number of carbonyl (C=O) groups is 1. The Labute approximate surface area is 143 Å². The molecule has 1 aliphatic rings. The van der Waals surface area contributed by atoms with Gasteiger partial charge in [0, 0.05) is 32.7 Å². The maximum atomic E-state index is 12.5. The molecular formula is C16H27N3O4S. The van der Waals surface area contributed by atoms with E-state index in [1.807, 2.05) is 0 Å². The molecule has 1 heterocycles. The van der Waals surface area contributed by atoms with Crippen molar-refractivity contribution >= 4 is 15.9 Å². The summed E-state index contributed by atoms with van der Waals surface area (Å²) in [5.41, 5.74) is 5.83. The van der Waals surface area contributed by atoms with Gasteiger partial charge >= 0.3 is 0 Å². The van der Waals surface area contributed by atoms with Crippen molar-refractivity contribution in [2.45, 2.75) is 50.0 Å². The molecule has 0 radical (unpaired) electrons. The van der Waals surface area contributed by atoms with Gasteiger partial charge in [-0.15, -0.1) is 0 Å². The summed E-state index contributed by atoms with van der Waals surface area (Å²) in [4.78, 5) is 12.5. The summed E-state index contributed by atoms with van der Waals surface area (Å²) in [7, 11) is -0.761. The van der Waals surface area contributed by atoms with Crippen LogP contribution in [0, 0.1) is 12.8 Å². The average Bonchev–Trinajstić information content (AvgIpc) is 2.95. The van der Waals surface area contributed by atoms with Gasteiger partial charge in [0.1, 0.15) is 10.7 Å². The number of nitrogens with one attached hydrogen (secondary N) is 1. The third kappa shape index (κ3) is 3.99. The lowest BCUT2D eigenvalue weighted by Crippen LogP contribution is -2.45. The second-order valence-corrected chi connectivity index (χ2v) is 8.65. The highest BCUT2D eigenvalue weighted by Crippen LogP contribution is 2.27. The molecule has 1 amide bonds. The van der Waals surface area contributed by atoms with E-state index < -0.39 is 15.9 Å². The largest absolute Gasteiger partial charge is 0.455 e. The van der Waals surface area contributed by atoms with Gasteiger partial charge in [-0.05, 0) is 25.7 Å². The van der Waals surface area contributed by atoms with Gasteiger partial charge in [-0.2, -0.15) is 0 Å². The van der Waals surface area contributed by atoms with Gasteiger partial charge in [-0.3, -0.25) is 4.79 Å². The lowest BCUT2D eigenvalue weighted by Gasteiger charge is -2.29. The third-order valence-corrected chi connectivity index (χ3v) is 6.57. The fourth-order valence-corrected chi connectivity index (χ4v) is 4.23. The van der Waals surface area contributed by atoms with E-state index in [2.05, 4.69) is 5.32 Å². The van der Waals surface area contributed by atoms with Crippen molar-refractivity contribution < 1.29 is 17.6 Å². The van der Waals surface area contributed by atoms with Crippen LogP contribution in [0.1, 0.15) is 48.4 Å². The molecule has 1 aromatic heterocycles. The minimum atomic E-state index is -3.64. The quantitative estimate of drug-likeness (QED) is 0.802. The van der Waals surface area contributed by atoms with Crippen molar-refractivity contribution in [3.05, 3.63) is 17.6 Å². The Morgan fingerprint density at radius 3 is 2.54 bits per heavy atom. The maximum Gasteiger partial charge on any atom is 0.287 e. The zero-order chi connectivity index (χ0) is 17.9. The third-order valence-electron chi connectivity index (χ3n) is 4.64. The van der Waals surface area contributed by atoms with Crippen molar-refractivity contribution in [1.82, 2.24) is 9.62 Å². The topological polar surface area (TPSA) is 106 Å². The van der Waals surface area contributed by atoms with Gasteiger partial charge in [-0.25, -0.2) is 12.7 Å². The number of nitrogens with two attached hydrogens (primary N) is 1. The van der Waals surface area contributed by atoms with E-state index in [0.29, 0.717) is 12.5 Å². The molecule has 1 aliphatic carbocycles. The van der Waals surface area contributed by atoms with E-state index in [-0.39, 0.29) is 22.5 Å². The first-order chi connectivity index (χ1) is 11.3. The number of amides is 1. The molecule has 1 saturated carbocycles. The summed E-state index contributed by atoms with van der Waals surface area (Å²) in [5, 5.41) is 2.91. The van der Waals surface area contributed by atoms with Crippen LogP contribution in [0.4, 0.5) is 0 Å². The lowest BCUT2D eigenvalue weighted by molar-refractivity contribution is 0.0886. The number of nitrogens with zero attached hydrogens (tertiary/aromatic N) is 1. The second-order valence-electron chi connectivity index (χ2n) is 6.53. The number of sulfonamides is 1. The van der Waals surface area contributed by atoms with Gasteiger partial charge in [0.05, 0.1) is 0 Å². The molecule has 0 aliphatic heterocycles. The number of hydrogen-bond acceptors (Lipinski definition) is 5. The van der Waals surface area contributed by atoms with E-state index in [0.717, 1.165) is 30.0 Å². The van der Waals surface area contributed by atoms with Crippen molar-refractivity contribution in [3.8, 4) is 0 Å². The molecule has 136 valence electrons. The number of hydrogen-bond donors (Lipinski definition) is 2. The van der Waals surface area contributed by atoms with Gasteiger partial charge in [0.15, 0.2) is 5.76 Å². The highest BCUT2D eigenvalue weighted by atomic mass is 32.2. The number of carbonyl (C=O) groups excluding carboxylic acids is 1. The smallest absolute Gasteiger partial charge is 0.287 e. The molecule has 24 heavy (non-hydrogen) atoms. The van der Waals surface area contributed by atoms with Crippen LogP contribution in [0.15, 0.2) is 15.4 Å². The molecule has 1 unspecified atom stereocenters. The Hall–Kier alpha value is -1.38. The Morgan fingerprint density at radius 1 is 1.38 bits per heavy atom. The van der Waals surface area contributed by atoms with E-state index in [4.69, 9.17) is 10.2 Å². The summed E-state index contributed by atoms with van der Waals surface area (Å²) in [6.45, 7) is 1.90. The number of aryl methyl sites for hydroxylation is 1. The Bertz CT molecular complexity index is 675. The second kappa shape index (κ2) is 7.67. The molecule has 1 aromatic rings. The fourth-order valence-electron chi connectivity index (χ4n) is 3.18. The van der Waals surface area contributed by atoms with Crippen molar-refractivity contribution in [3.63, 3.8) is 0 Å². The standard InChI is InChI=1S/C16H27N3O4S/c1-11-15(24(21,22)19(2)3)9-14(23-11)16(20)18-13(10-17)12-7-5-4-6-8-12/h9,12-13H,4-8,10,17H2,1-3H3,(H,18,20). The van der Waals surface area contributed by atoms with Crippen molar-refractivity contribution in [1.29, 1.82) is 0 Å². The summed E-state index contributed by atoms with van der Waals surface area (Å²) >= 11 is 0. The molecule has 0 saturated heterocycles. The highest BCUT2D eigenvalue weighted by molar-refractivity contribution is 7.89. The maximum absolute atomic E-state index is 12.5. The summed E-state index contributed by atoms with van der Waals surface area (Å²) in [6, 6.07) is 1.17. The van der Waals surface area contributed by atoms with Gasteiger partial charge < -0.3 is 15.5 Å². The monoisotopic (exact) mass is 357 g/mol. The van der Waals surface area contributed by atoms with Crippen LogP contribution in [0.2, 0.25) is 0 Å². The van der Waals surface area contributed by atoms with Crippen LogP contribution < -0.4 is 11.1 Å². The first-order valence-corrected chi connectivity index (χ1v) is 9.75. The zero-order valence-electron chi connectivity index (χ0n) is 14.5. The molecule has 1 atom stereocenters. The van der Waals surface area contributed by atoms with Crippen LogP contribution in [-0.2, 0) is 10.0 Å². The zero-order valence-corrected chi connectivity index (χ0v) is 15.4. The number of rotatable bonds is 6. The van der Waals surface area contributed by atoms with Gasteiger partial charge in [0.25, 0.3) is 5.91 Å². The van der Waals surface area contributed by atoms with Crippen LogP contribution in [0.5, 0.6) is 0 Å². The molecule has 0 aromatic carbocycles. The minimum Gasteiger partial charge on any atom is -0.455 e. The van der Waals surface area contributed by atoms with Gasteiger partial charge in [-0.1, -0.05) is 19.3 Å². The number of furan rings is 1. The molecule has 1 fully saturated rings. The average molecular weight is 357 g/mol. The molecule has 7 nitrogen and oxygen atoms in total. The Balaban J connectivity index is 2.15. The van der Waals surface area contributed by atoms with E-state index in [1.54, 1.807) is 0 Å². The molecule has 3 N–H and O–H groups in total. The molecule has 2 rings (SSSR count). The summed E-state index contributed by atoms with van der Waals surface area (Å²) in [6.07, 6.45) is 5.65. The van der Waals surface area contributed by atoms with E-state index in [1.165, 1.54) is 33.5 Å². The Morgan fingerprint density at radius 2 is 2.00 bits per heavy atom. The fraction of sp³-hybridized carbons (Fsp3) is 0.688. The SMILES string of the molecule is Cc1oc(C(=O)NC(CN)C2CCCCC2)cc1S(=O)(=O)N(C)C. The Kier molecular flexibility index (Phi) is 6.06. The first kappa shape index (κ1) is 19.0. The van der Waals surface area contributed by atoms with Crippen molar-refractivity contribution in [2.24, 2.45) is 11.7 Å². The predicted molar refractivity (Wildman–Crippen MR) is 91.2 cm³/mol. The highest BCUT2D eigenvalue weighted by Gasteiger charge is 2.28. The van der Waals surface area contributed by atoms with Gasteiger partial charge in [0.2, 0.25) is 10.0 Å². The summed E-state index contributed by atoms with van der Waals surface area (Å²) < 4.78 is 30.9. The first-order valence-electron chi connectivity index (χ1n) is 8.31. The van der Waals surface area contributed by atoms with Crippen LogP contribution in [0.25, 0.3) is 0 Å².